The van der Waals surface area contributed by atoms with Gasteiger partial charge in [0.1, 0.15) is 12.6 Å². The number of alkyl halides is 2. The Labute approximate surface area is 247 Å². The van der Waals surface area contributed by atoms with E-state index in [1.165, 1.54) is 17.0 Å². The lowest BCUT2D eigenvalue weighted by Gasteiger charge is -2.36. The van der Waals surface area contributed by atoms with Gasteiger partial charge in [0, 0.05) is 37.9 Å². The van der Waals surface area contributed by atoms with Crippen molar-refractivity contribution < 1.29 is 32.6 Å². The number of benzene rings is 1. The van der Waals surface area contributed by atoms with Gasteiger partial charge in [-0.15, -0.1) is 11.3 Å². The first-order valence-corrected chi connectivity index (χ1v) is 14.6. The minimum Gasteiger partial charge on any atom is -0.433 e. The van der Waals surface area contributed by atoms with Gasteiger partial charge in [0.15, 0.2) is 5.75 Å². The van der Waals surface area contributed by atoms with Crippen molar-refractivity contribution in [3.63, 3.8) is 0 Å². The second kappa shape index (κ2) is 13.5. The third-order valence-electron chi connectivity index (χ3n) is 6.60. The molecule has 1 aromatic heterocycles. The average Bonchev–Trinajstić information content (AvgIpc) is 3.60. The molecule has 2 fully saturated rings. The zero-order valence-electron chi connectivity index (χ0n) is 23.3. The quantitative estimate of drug-likeness (QED) is 0.355. The van der Waals surface area contributed by atoms with E-state index in [4.69, 9.17) is 21.1 Å². The molecule has 2 heterocycles. The van der Waals surface area contributed by atoms with Gasteiger partial charge in [-0.2, -0.15) is 8.78 Å². The number of morpholine rings is 1. The van der Waals surface area contributed by atoms with Crippen LogP contribution in [0.1, 0.15) is 43.3 Å². The zero-order chi connectivity index (χ0) is 29.7. The van der Waals surface area contributed by atoms with E-state index in [0.29, 0.717) is 40.5 Å². The third kappa shape index (κ3) is 9.09. The summed E-state index contributed by atoms with van der Waals surface area (Å²) in [5.41, 5.74) is 0.228. The van der Waals surface area contributed by atoms with Crippen LogP contribution in [0, 0.1) is 11.3 Å². The van der Waals surface area contributed by atoms with Crippen LogP contribution >= 0.6 is 22.9 Å². The molecule has 224 valence electrons. The van der Waals surface area contributed by atoms with Crippen molar-refractivity contribution in [3.8, 4) is 5.75 Å². The lowest BCUT2D eigenvalue weighted by Crippen LogP contribution is -2.53. The number of halogens is 3. The Hall–Kier alpha value is -2.80. The average molecular weight is 613 g/mol. The predicted molar refractivity (Wildman–Crippen MR) is 154 cm³/mol. The second-order valence-electron chi connectivity index (χ2n) is 11.4. The number of rotatable bonds is 12. The normalized spacial score (nSPS) is 16.7. The Morgan fingerprint density at radius 3 is 2.61 bits per heavy atom. The van der Waals surface area contributed by atoms with Crippen LogP contribution in [0.3, 0.4) is 0 Å². The summed E-state index contributed by atoms with van der Waals surface area (Å²) in [5, 5.41) is 5.59. The molecule has 0 radical (unpaired) electrons. The lowest BCUT2D eigenvalue weighted by molar-refractivity contribution is -0.125. The number of carbonyl (C=O) groups is 3. The van der Waals surface area contributed by atoms with E-state index in [2.05, 4.69) is 31.4 Å². The number of ether oxygens (including phenoxy) is 2. The van der Waals surface area contributed by atoms with Gasteiger partial charge in [-0.05, 0) is 48.4 Å². The molecule has 2 aliphatic rings. The molecule has 1 aliphatic carbocycles. The van der Waals surface area contributed by atoms with Gasteiger partial charge >= 0.3 is 6.61 Å². The van der Waals surface area contributed by atoms with Crippen molar-refractivity contribution >= 4 is 52.0 Å². The summed E-state index contributed by atoms with van der Waals surface area (Å²) in [4.78, 5) is 42.8. The number of hydrogen-bond acceptors (Lipinski definition) is 7. The summed E-state index contributed by atoms with van der Waals surface area (Å²) in [6, 6.07) is 6.75. The maximum absolute atomic E-state index is 13.8. The molecule has 41 heavy (non-hydrogen) atoms. The molecule has 0 bridgehead atoms. The Balaban J connectivity index is 1.59. The van der Waals surface area contributed by atoms with Crippen LogP contribution in [0.25, 0.3) is 0 Å². The molecule has 0 unspecified atom stereocenters. The number of amides is 3. The SMILES string of the molecule is CC(C)(C)CN(CC1CC1)[C@@H](CNC(=O)c1ccc(Cl)s1)C(=O)Nc1ccc(N2CCOCC2=O)cc1OC(F)F. The fraction of sp³-hybridized carbons (Fsp3) is 0.536. The van der Waals surface area contributed by atoms with E-state index < -0.39 is 18.6 Å². The molecule has 0 spiro atoms. The summed E-state index contributed by atoms with van der Waals surface area (Å²) in [6.07, 6.45) is 2.12. The molecule has 2 N–H and O–H groups in total. The van der Waals surface area contributed by atoms with Crippen LogP contribution in [0.4, 0.5) is 20.2 Å². The smallest absolute Gasteiger partial charge is 0.387 e. The van der Waals surface area contributed by atoms with Crippen LogP contribution < -0.4 is 20.3 Å². The molecule has 1 atom stereocenters. The third-order valence-corrected chi connectivity index (χ3v) is 7.83. The summed E-state index contributed by atoms with van der Waals surface area (Å²) < 4.78 is 37.1. The van der Waals surface area contributed by atoms with Gasteiger partial charge in [-0.3, -0.25) is 19.3 Å². The minimum atomic E-state index is -3.15. The number of anilines is 2. The summed E-state index contributed by atoms with van der Waals surface area (Å²) in [7, 11) is 0. The van der Waals surface area contributed by atoms with E-state index in [0.717, 1.165) is 24.2 Å². The summed E-state index contributed by atoms with van der Waals surface area (Å²) in [6.45, 7) is 4.73. The van der Waals surface area contributed by atoms with Gasteiger partial charge in [0.05, 0.1) is 21.5 Å². The molecular formula is C28H35ClF2N4O5S. The van der Waals surface area contributed by atoms with Gasteiger partial charge in [0.2, 0.25) is 5.91 Å². The Bertz CT molecular complexity index is 1250. The van der Waals surface area contributed by atoms with Crippen molar-refractivity contribution in [1.29, 1.82) is 0 Å². The maximum atomic E-state index is 13.8. The number of hydrogen-bond donors (Lipinski definition) is 2. The van der Waals surface area contributed by atoms with Gasteiger partial charge in [0.25, 0.3) is 11.8 Å². The summed E-state index contributed by atoms with van der Waals surface area (Å²) >= 11 is 7.12. The minimum absolute atomic E-state index is 0.00557. The largest absolute Gasteiger partial charge is 0.433 e. The first-order valence-electron chi connectivity index (χ1n) is 13.4. The van der Waals surface area contributed by atoms with Gasteiger partial charge in [-0.25, -0.2) is 0 Å². The van der Waals surface area contributed by atoms with Crippen molar-refractivity contribution in [1.82, 2.24) is 10.2 Å². The monoisotopic (exact) mass is 612 g/mol. The summed E-state index contributed by atoms with van der Waals surface area (Å²) in [5.74, 6) is -0.971. The highest BCUT2D eigenvalue weighted by Crippen LogP contribution is 2.34. The predicted octanol–water partition coefficient (Wildman–Crippen LogP) is 4.86. The molecule has 2 aromatic rings. The van der Waals surface area contributed by atoms with Gasteiger partial charge < -0.3 is 25.0 Å². The van der Waals surface area contributed by atoms with Crippen LogP contribution in [-0.4, -0.2) is 74.7 Å². The molecule has 3 amide bonds. The number of nitrogens with one attached hydrogen (secondary N) is 2. The fourth-order valence-electron chi connectivity index (χ4n) is 4.63. The first-order chi connectivity index (χ1) is 19.4. The van der Waals surface area contributed by atoms with Crippen LogP contribution in [-0.2, 0) is 14.3 Å². The van der Waals surface area contributed by atoms with Crippen LogP contribution in [0.2, 0.25) is 4.34 Å². The first kappa shape index (κ1) is 31.1. The number of carbonyl (C=O) groups excluding carboxylic acids is 3. The van der Waals surface area contributed by atoms with Gasteiger partial charge in [-0.1, -0.05) is 32.4 Å². The maximum Gasteiger partial charge on any atom is 0.387 e. The molecular weight excluding hydrogens is 578 g/mol. The van der Waals surface area contributed by atoms with E-state index >= 15 is 0 Å². The fourth-order valence-corrected chi connectivity index (χ4v) is 5.59. The standard InChI is InChI=1S/C28H35ClF2N4O5S/c1-28(2,3)16-34(14-17-4-5-17)20(13-32-26(38)22-8-9-23(29)41-22)25(37)33-19-7-6-18(12-21(19)40-27(30)31)35-10-11-39-15-24(35)36/h6-9,12,17,20,27H,4-5,10-11,13-16H2,1-3H3,(H,32,38)(H,33,37)/t20-/m0/s1. The molecule has 13 heteroatoms. The highest BCUT2D eigenvalue weighted by Gasteiger charge is 2.35. The topological polar surface area (TPSA) is 100 Å². The van der Waals surface area contributed by atoms with Crippen molar-refractivity contribution in [3.05, 3.63) is 39.5 Å². The van der Waals surface area contributed by atoms with E-state index in [9.17, 15) is 23.2 Å². The molecule has 1 aromatic carbocycles. The molecule has 1 aliphatic heterocycles. The van der Waals surface area contributed by atoms with Crippen molar-refractivity contribution in [2.75, 3.05) is 49.6 Å². The van der Waals surface area contributed by atoms with Crippen molar-refractivity contribution in [2.24, 2.45) is 11.3 Å². The Morgan fingerprint density at radius 1 is 1.24 bits per heavy atom. The molecule has 9 nitrogen and oxygen atoms in total. The van der Waals surface area contributed by atoms with Crippen LogP contribution in [0.5, 0.6) is 5.75 Å². The molecule has 1 saturated heterocycles. The highest BCUT2D eigenvalue weighted by molar-refractivity contribution is 7.18. The highest BCUT2D eigenvalue weighted by atomic mass is 35.5. The van der Waals surface area contributed by atoms with E-state index in [1.54, 1.807) is 18.2 Å². The van der Waals surface area contributed by atoms with Crippen molar-refractivity contribution in [2.45, 2.75) is 46.3 Å². The number of thiophene rings is 1. The molecule has 1 saturated carbocycles. The zero-order valence-corrected chi connectivity index (χ0v) is 24.8. The lowest BCUT2D eigenvalue weighted by atomic mass is 9.94. The number of nitrogens with zero attached hydrogens (tertiary/aromatic N) is 2. The van der Waals surface area contributed by atoms with E-state index in [-0.39, 0.29) is 48.4 Å². The Morgan fingerprint density at radius 2 is 2.00 bits per heavy atom. The van der Waals surface area contributed by atoms with Crippen LogP contribution in [0.15, 0.2) is 30.3 Å². The van der Waals surface area contributed by atoms with E-state index in [1.807, 2.05) is 4.90 Å². The second-order valence-corrected chi connectivity index (χ2v) is 13.1. The Kier molecular flexibility index (Phi) is 10.2. The molecule has 4 rings (SSSR count).